The quantitative estimate of drug-likeness (QED) is 0.669. The van der Waals surface area contributed by atoms with Crippen molar-refractivity contribution in [2.75, 3.05) is 19.8 Å². The van der Waals surface area contributed by atoms with Crippen LogP contribution in [0.25, 0.3) is 0 Å². The number of ether oxygens (including phenoxy) is 1. The van der Waals surface area contributed by atoms with Gasteiger partial charge >= 0.3 is 0 Å². The summed E-state index contributed by atoms with van der Waals surface area (Å²) in [7, 11) is 0. The van der Waals surface area contributed by atoms with E-state index in [1.165, 1.54) is 37.1 Å². The van der Waals surface area contributed by atoms with Gasteiger partial charge in [0.25, 0.3) is 0 Å². The average Bonchev–Trinajstić information content (AvgIpc) is 2.97. The van der Waals surface area contributed by atoms with Gasteiger partial charge in [-0.25, -0.2) is 0 Å². The summed E-state index contributed by atoms with van der Waals surface area (Å²) in [5.41, 5.74) is 0. The van der Waals surface area contributed by atoms with Crippen LogP contribution in [0.1, 0.15) is 30.6 Å². The Kier molecular flexibility index (Phi) is 5.32. The zero-order chi connectivity index (χ0) is 11.1. The summed E-state index contributed by atoms with van der Waals surface area (Å²) in [5.74, 6) is 0. The number of hydrogen-bond donors (Lipinski definition) is 1. The highest BCUT2D eigenvalue weighted by atomic mass is 32.1. The molecule has 1 N–H and O–H groups in total. The molecule has 0 unspecified atom stereocenters. The number of thiophene rings is 1. The Bertz CT molecular complexity index is 269. The van der Waals surface area contributed by atoms with Crippen LogP contribution in [0.2, 0.25) is 0 Å². The maximum absolute atomic E-state index is 5.61. The monoisotopic (exact) mass is 239 g/mol. The number of rotatable bonds is 9. The fourth-order valence-electron chi connectivity index (χ4n) is 1.65. The van der Waals surface area contributed by atoms with Crippen molar-refractivity contribution < 1.29 is 4.74 Å². The minimum absolute atomic E-state index is 0.847. The molecule has 1 saturated carbocycles. The Morgan fingerprint density at radius 1 is 1.31 bits per heavy atom. The van der Waals surface area contributed by atoms with Crippen molar-refractivity contribution in [3.63, 3.8) is 0 Å². The molecule has 0 amide bonds. The summed E-state index contributed by atoms with van der Waals surface area (Å²) in [4.78, 5) is 1.43. The second-order valence-corrected chi connectivity index (χ2v) is 5.41. The first-order valence-corrected chi connectivity index (χ1v) is 7.16. The molecule has 1 aliphatic rings. The predicted octanol–water partition coefficient (Wildman–Crippen LogP) is 2.84. The van der Waals surface area contributed by atoms with E-state index in [2.05, 4.69) is 22.8 Å². The fourth-order valence-corrected chi connectivity index (χ4v) is 2.34. The number of nitrogens with one attached hydrogen (secondary N) is 1. The molecule has 0 radical (unpaired) electrons. The first-order chi connectivity index (χ1) is 7.95. The lowest BCUT2D eigenvalue weighted by Gasteiger charge is -2.04. The zero-order valence-electron chi connectivity index (χ0n) is 9.78. The van der Waals surface area contributed by atoms with Gasteiger partial charge in [0.2, 0.25) is 0 Å². The molecule has 3 heteroatoms. The van der Waals surface area contributed by atoms with Crippen LogP contribution in [-0.2, 0) is 11.2 Å². The summed E-state index contributed by atoms with van der Waals surface area (Å²) >= 11 is 1.81. The second-order valence-electron chi connectivity index (χ2n) is 4.38. The maximum atomic E-state index is 5.61. The van der Waals surface area contributed by atoms with E-state index in [0.717, 1.165) is 25.7 Å². The average molecular weight is 239 g/mol. The maximum Gasteiger partial charge on any atom is 0.0514 e. The SMILES string of the molecule is c1csc(CCOCCCCNC2CC2)c1. The van der Waals surface area contributed by atoms with Crippen LogP contribution in [0.4, 0.5) is 0 Å². The van der Waals surface area contributed by atoms with E-state index in [1.807, 2.05) is 11.3 Å². The van der Waals surface area contributed by atoms with Crippen molar-refractivity contribution in [1.82, 2.24) is 5.32 Å². The minimum Gasteiger partial charge on any atom is -0.381 e. The van der Waals surface area contributed by atoms with E-state index in [4.69, 9.17) is 4.74 Å². The Morgan fingerprint density at radius 3 is 3.00 bits per heavy atom. The molecular weight excluding hydrogens is 218 g/mol. The van der Waals surface area contributed by atoms with Gasteiger partial charge in [0.05, 0.1) is 6.61 Å². The van der Waals surface area contributed by atoms with Crippen LogP contribution in [0, 0.1) is 0 Å². The molecule has 1 fully saturated rings. The van der Waals surface area contributed by atoms with E-state index in [-0.39, 0.29) is 0 Å². The second kappa shape index (κ2) is 7.05. The smallest absolute Gasteiger partial charge is 0.0514 e. The predicted molar refractivity (Wildman–Crippen MR) is 69.1 cm³/mol. The molecule has 1 aromatic heterocycles. The molecule has 1 heterocycles. The summed E-state index contributed by atoms with van der Waals surface area (Å²) in [6.07, 6.45) is 6.27. The molecule has 0 aromatic carbocycles. The number of unbranched alkanes of at least 4 members (excludes halogenated alkanes) is 1. The van der Waals surface area contributed by atoms with E-state index >= 15 is 0 Å². The van der Waals surface area contributed by atoms with Gasteiger partial charge < -0.3 is 10.1 Å². The molecule has 0 spiro atoms. The molecule has 2 rings (SSSR count). The van der Waals surface area contributed by atoms with E-state index < -0.39 is 0 Å². The molecular formula is C13H21NOS. The highest BCUT2D eigenvalue weighted by Crippen LogP contribution is 2.18. The highest BCUT2D eigenvalue weighted by Gasteiger charge is 2.19. The fraction of sp³-hybridized carbons (Fsp3) is 0.692. The Hall–Kier alpha value is -0.380. The molecule has 90 valence electrons. The lowest BCUT2D eigenvalue weighted by molar-refractivity contribution is 0.134. The third kappa shape index (κ3) is 5.10. The van der Waals surface area contributed by atoms with Gasteiger partial charge in [0.15, 0.2) is 0 Å². The molecule has 16 heavy (non-hydrogen) atoms. The first kappa shape index (κ1) is 12.1. The summed E-state index contributed by atoms with van der Waals surface area (Å²) in [6.45, 7) is 2.95. The van der Waals surface area contributed by atoms with Crippen molar-refractivity contribution in [1.29, 1.82) is 0 Å². The normalized spacial score (nSPS) is 15.5. The summed E-state index contributed by atoms with van der Waals surface area (Å²) in [6, 6.07) is 5.12. The van der Waals surface area contributed by atoms with Gasteiger partial charge in [0, 0.05) is 23.9 Å². The van der Waals surface area contributed by atoms with Crippen molar-refractivity contribution in [3.05, 3.63) is 22.4 Å². The lowest BCUT2D eigenvalue weighted by atomic mass is 10.3. The van der Waals surface area contributed by atoms with Gasteiger partial charge in [-0.05, 0) is 43.7 Å². The summed E-state index contributed by atoms with van der Waals surface area (Å²) in [5, 5.41) is 5.64. The highest BCUT2D eigenvalue weighted by molar-refractivity contribution is 7.09. The largest absolute Gasteiger partial charge is 0.381 e. The van der Waals surface area contributed by atoms with Crippen LogP contribution in [0.5, 0.6) is 0 Å². The van der Waals surface area contributed by atoms with Gasteiger partial charge in [0.1, 0.15) is 0 Å². The van der Waals surface area contributed by atoms with E-state index in [1.54, 1.807) is 0 Å². The van der Waals surface area contributed by atoms with Crippen LogP contribution >= 0.6 is 11.3 Å². The first-order valence-electron chi connectivity index (χ1n) is 6.28. The molecule has 2 nitrogen and oxygen atoms in total. The lowest BCUT2D eigenvalue weighted by Crippen LogP contribution is -2.17. The van der Waals surface area contributed by atoms with Gasteiger partial charge in [-0.3, -0.25) is 0 Å². The van der Waals surface area contributed by atoms with Crippen LogP contribution in [0.15, 0.2) is 17.5 Å². The van der Waals surface area contributed by atoms with Gasteiger partial charge in [-0.15, -0.1) is 11.3 Å². The van der Waals surface area contributed by atoms with Crippen molar-refractivity contribution in [2.24, 2.45) is 0 Å². The van der Waals surface area contributed by atoms with Crippen LogP contribution < -0.4 is 5.32 Å². The Morgan fingerprint density at radius 2 is 2.25 bits per heavy atom. The van der Waals surface area contributed by atoms with E-state index in [9.17, 15) is 0 Å². The van der Waals surface area contributed by atoms with E-state index in [0.29, 0.717) is 0 Å². The Balaban J connectivity index is 1.34. The minimum atomic E-state index is 0.847. The van der Waals surface area contributed by atoms with Gasteiger partial charge in [-0.1, -0.05) is 6.07 Å². The molecule has 0 atom stereocenters. The molecule has 0 bridgehead atoms. The standard InChI is InChI=1S/C13H21NOS/c1(8-14-12-5-6-12)2-9-15-10-7-13-4-3-11-16-13/h3-4,11-12,14H,1-2,5-10H2. The zero-order valence-corrected chi connectivity index (χ0v) is 10.6. The third-order valence-corrected chi connectivity index (χ3v) is 3.73. The van der Waals surface area contributed by atoms with Crippen molar-refractivity contribution in [3.8, 4) is 0 Å². The van der Waals surface area contributed by atoms with Gasteiger partial charge in [-0.2, -0.15) is 0 Å². The van der Waals surface area contributed by atoms with Crippen molar-refractivity contribution >= 4 is 11.3 Å². The molecule has 1 aromatic rings. The third-order valence-electron chi connectivity index (χ3n) is 2.80. The Labute approximate surface area is 102 Å². The van der Waals surface area contributed by atoms with Crippen LogP contribution in [0.3, 0.4) is 0 Å². The number of hydrogen-bond acceptors (Lipinski definition) is 3. The van der Waals surface area contributed by atoms with Crippen molar-refractivity contribution in [2.45, 2.75) is 38.1 Å². The molecule has 0 saturated heterocycles. The topological polar surface area (TPSA) is 21.3 Å². The van der Waals surface area contributed by atoms with Crippen LogP contribution in [-0.4, -0.2) is 25.8 Å². The summed E-state index contributed by atoms with van der Waals surface area (Å²) < 4.78 is 5.61. The molecule has 1 aliphatic carbocycles. The molecule has 0 aliphatic heterocycles.